The van der Waals surface area contributed by atoms with Gasteiger partial charge in [0.05, 0.1) is 30.3 Å². The second-order valence-electron chi connectivity index (χ2n) is 19.0. The van der Waals surface area contributed by atoms with Gasteiger partial charge in [0, 0.05) is 0 Å². The lowest BCUT2D eigenvalue weighted by Gasteiger charge is -2.48. The van der Waals surface area contributed by atoms with E-state index in [4.69, 9.17) is 19.6 Å². The zero-order valence-corrected chi connectivity index (χ0v) is 43.1. The van der Waals surface area contributed by atoms with Crippen molar-refractivity contribution < 1.29 is 44.3 Å². The number of aliphatic hydroxyl groups is 4. The predicted octanol–water partition coefficient (Wildman–Crippen LogP) is 15.3. The van der Waals surface area contributed by atoms with Gasteiger partial charge in [0.25, 0.3) is 0 Å². The van der Waals surface area contributed by atoms with Crippen molar-refractivity contribution in [2.24, 2.45) is 5.41 Å². The van der Waals surface area contributed by atoms with Gasteiger partial charge in [0.2, 0.25) is 0 Å². The lowest BCUT2D eigenvalue weighted by atomic mass is 9.63. The molecule has 0 amide bonds. The predicted molar refractivity (Wildman–Crippen MR) is 267 cm³/mol. The Labute approximate surface area is 387 Å². The first-order valence-corrected chi connectivity index (χ1v) is 29.1. The summed E-state index contributed by atoms with van der Waals surface area (Å²) < 4.78 is 3.60. The van der Waals surface area contributed by atoms with Gasteiger partial charge in [-0.25, -0.2) is 4.31 Å². The van der Waals surface area contributed by atoms with Crippen LogP contribution in [0.2, 0.25) is 0 Å². The van der Waals surface area contributed by atoms with Gasteiger partial charge in [0.1, 0.15) is 0 Å². The third kappa shape index (κ3) is 39.6. The number of hydrogen-bond acceptors (Lipinski definition) is 9. The molecule has 0 spiro atoms. The molecule has 0 radical (unpaired) electrons. The van der Waals surface area contributed by atoms with E-state index < -0.39 is 34.3 Å². The molecule has 0 saturated carbocycles. The Hall–Kier alpha value is 0.500. The minimum Gasteiger partial charge on any atom is -0.395 e. The summed E-state index contributed by atoms with van der Waals surface area (Å²) in [5.74, 6) is 0. The molecule has 0 aliphatic carbocycles. The summed E-state index contributed by atoms with van der Waals surface area (Å²) >= 11 is 0. The van der Waals surface area contributed by atoms with Crippen LogP contribution >= 0.6 is 17.2 Å². The summed E-state index contributed by atoms with van der Waals surface area (Å²) in [6.45, 7) is 6.10. The Balaban J connectivity index is 0. The minimum atomic E-state index is -2.61. The fraction of sp³-hybridized carbons (Fsp3) is 1.00. The number of unbranched alkanes of at least 4 members (excludes halogenated alkanes) is 37. The highest BCUT2D eigenvalue weighted by Crippen LogP contribution is 2.44. The van der Waals surface area contributed by atoms with E-state index in [1.54, 1.807) is 0 Å². The molecule has 0 aromatic heterocycles. The van der Waals surface area contributed by atoms with Gasteiger partial charge in [-0.1, -0.05) is 278 Å². The molecule has 9 nitrogen and oxygen atoms in total. The number of rotatable bonds is 49. The molecule has 0 rings (SSSR count). The van der Waals surface area contributed by atoms with Crippen molar-refractivity contribution in [2.45, 2.75) is 309 Å². The smallest absolute Gasteiger partial charge is 0.334 e. The molecule has 11 heteroatoms. The van der Waals surface area contributed by atoms with Crippen molar-refractivity contribution in [3.05, 3.63) is 0 Å². The molecule has 62 heavy (non-hydrogen) atoms. The number of aliphatic hydroxyl groups excluding tert-OH is 3. The van der Waals surface area contributed by atoms with Gasteiger partial charge in [-0.2, -0.15) is 0 Å². The Morgan fingerprint density at radius 3 is 0.758 bits per heavy atom. The van der Waals surface area contributed by atoms with E-state index in [2.05, 4.69) is 25.1 Å². The first-order chi connectivity index (χ1) is 30.1. The van der Waals surface area contributed by atoms with Crippen LogP contribution < -0.4 is 0 Å². The molecular weight excluding hydrogens is 819 g/mol. The first-order valence-electron chi connectivity index (χ1n) is 26.8. The van der Waals surface area contributed by atoms with Crippen molar-refractivity contribution in [3.8, 4) is 0 Å². The third-order valence-electron chi connectivity index (χ3n) is 13.5. The van der Waals surface area contributed by atoms with E-state index >= 15 is 0 Å². The summed E-state index contributed by atoms with van der Waals surface area (Å²) in [4.78, 5) is 31.3. The summed E-state index contributed by atoms with van der Waals surface area (Å²) in [6.07, 6.45) is 52.2. The lowest BCUT2D eigenvalue weighted by molar-refractivity contribution is -0.193. The van der Waals surface area contributed by atoms with Crippen LogP contribution in [0.5, 0.6) is 0 Å². The van der Waals surface area contributed by atoms with E-state index in [1.165, 1.54) is 218 Å². The molecule has 0 fully saturated rings. The van der Waals surface area contributed by atoms with Crippen molar-refractivity contribution in [1.82, 2.24) is 0 Å². The molecule has 2 unspecified atom stereocenters. The van der Waals surface area contributed by atoms with Gasteiger partial charge in [0.15, 0.2) is 0 Å². The average Bonchev–Trinajstić information content (AvgIpc) is 3.24. The van der Waals surface area contributed by atoms with Crippen LogP contribution in [-0.4, -0.2) is 64.9 Å². The molecule has 0 aliphatic rings. The van der Waals surface area contributed by atoms with Gasteiger partial charge < -0.3 is 40.0 Å². The molecule has 0 saturated heterocycles. The van der Waals surface area contributed by atoms with E-state index in [0.717, 1.165) is 38.5 Å². The Bertz CT molecular complexity index is 846. The van der Waals surface area contributed by atoms with Crippen LogP contribution in [0, 0.1) is 5.41 Å². The maximum absolute atomic E-state index is 12.3. The van der Waals surface area contributed by atoms with E-state index in [1.807, 2.05) is 0 Å². The fourth-order valence-corrected chi connectivity index (χ4v) is 9.75. The van der Waals surface area contributed by atoms with Crippen molar-refractivity contribution in [2.75, 3.05) is 13.2 Å². The fourth-order valence-electron chi connectivity index (χ4n) is 9.23. The zero-order valence-electron chi connectivity index (χ0n) is 41.3. The minimum absolute atomic E-state index is 0.365. The summed E-state index contributed by atoms with van der Waals surface area (Å²) in [7, 11) is -5.22. The highest BCUT2D eigenvalue weighted by molar-refractivity contribution is 7.53. The van der Waals surface area contributed by atoms with Crippen LogP contribution in [0.15, 0.2) is 0 Å². The summed E-state index contributed by atoms with van der Waals surface area (Å²) in [6, 6.07) is 0. The molecule has 8 N–H and O–H groups in total. The second kappa shape index (κ2) is 49.4. The normalized spacial score (nSPS) is 13.5. The maximum Gasteiger partial charge on any atom is 0.334 e. The number of hydrogen-bond donors (Lipinski definition) is 8. The maximum atomic E-state index is 12.3. The monoisotopic (exact) mass is 927 g/mol. The molecule has 0 aliphatic heterocycles. The molecular formula is C51H108O9P2. The standard InChI is InChI=1S/C51H104O4.H4O5P2/c1-4-7-10-13-16-19-21-23-25-27-29-31-33-35-38-41-44-49(54)50(47-52,48-53)51(55,45-42-39-36-18-15-12-9-6-3)46-43-40-37-34-32-30-28-26-24-22-20-17-14-11-8-5-2;1-6(2)5-7(3)4/h49,52-55H,4-48H2,1-3H3;1-4H. The molecule has 0 bridgehead atoms. The van der Waals surface area contributed by atoms with Crippen molar-refractivity contribution in [3.63, 3.8) is 0 Å². The zero-order chi connectivity index (χ0) is 46.3. The highest BCUT2D eigenvalue weighted by atomic mass is 31.2. The Morgan fingerprint density at radius 1 is 0.355 bits per heavy atom. The first kappa shape index (κ1) is 64.6. The molecule has 2 atom stereocenters. The Kier molecular flexibility index (Phi) is 51.5. The average molecular weight is 927 g/mol. The van der Waals surface area contributed by atoms with Crippen molar-refractivity contribution >= 4 is 17.2 Å². The van der Waals surface area contributed by atoms with Gasteiger partial charge in [-0.3, -0.25) is 0 Å². The van der Waals surface area contributed by atoms with E-state index in [0.29, 0.717) is 19.3 Å². The van der Waals surface area contributed by atoms with Crippen molar-refractivity contribution in [1.29, 1.82) is 0 Å². The second-order valence-corrected chi connectivity index (χ2v) is 20.6. The van der Waals surface area contributed by atoms with Crippen LogP contribution in [0.3, 0.4) is 0 Å². The summed E-state index contributed by atoms with van der Waals surface area (Å²) in [5.41, 5.74) is -2.51. The van der Waals surface area contributed by atoms with E-state index in [9.17, 15) is 20.4 Å². The molecule has 0 aromatic rings. The quantitative estimate of drug-likeness (QED) is 0.0218. The lowest BCUT2D eigenvalue weighted by Crippen LogP contribution is -2.59. The highest BCUT2D eigenvalue weighted by Gasteiger charge is 2.53. The topological polar surface area (TPSA) is 171 Å². The van der Waals surface area contributed by atoms with Gasteiger partial charge in [-0.15, -0.1) is 0 Å². The molecule has 0 heterocycles. The summed E-state index contributed by atoms with van der Waals surface area (Å²) in [5, 5.41) is 45.5. The molecule has 376 valence electrons. The van der Waals surface area contributed by atoms with Gasteiger partial charge >= 0.3 is 17.2 Å². The largest absolute Gasteiger partial charge is 0.395 e. The van der Waals surface area contributed by atoms with Crippen LogP contribution in [0.4, 0.5) is 0 Å². The third-order valence-corrected chi connectivity index (χ3v) is 14.7. The molecule has 0 aromatic carbocycles. The van der Waals surface area contributed by atoms with Crippen LogP contribution in [0.1, 0.15) is 297 Å². The van der Waals surface area contributed by atoms with Gasteiger partial charge in [-0.05, 0) is 19.3 Å². The Morgan fingerprint density at radius 2 is 0.565 bits per heavy atom. The SMILES string of the molecule is CCCCCCCCCCCCCCCCCCC(O)C(CO)(CO)C(O)(CCCCCCCCCC)CCCCCCCCCCCCCCCCCC.OP(O)OP(O)O. The van der Waals surface area contributed by atoms with E-state index in [-0.39, 0.29) is 13.2 Å². The van der Waals surface area contributed by atoms with Crippen LogP contribution in [0.25, 0.3) is 0 Å². The van der Waals surface area contributed by atoms with Crippen LogP contribution in [-0.2, 0) is 4.31 Å².